The van der Waals surface area contributed by atoms with Gasteiger partial charge in [0.05, 0.1) is 6.61 Å². The predicted octanol–water partition coefficient (Wildman–Crippen LogP) is 6.92. The van der Waals surface area contributed by atoms with Crippen LogP contribution in [-0.4, -0.2) is 22.7 Å². The van der Waals surface area contributed by atoms with E-state index in [4.69, 9.17) is 14.5 Å². The maximum atomic E-state index is 11.6. The van der Waals surface area contributed by atoms with Crippen LogP contribution in [0.1, 0.15) is 82.9 Å². The summed E-state index contributed by atoms with van der Waals surface area (Å²) in [6.07, 6.45) is 15.0. The molecule has 1 heterocycles. The van der Waals surface area contributed by atoms with Crippen molar-refractivity contribution in [3.63, 3.8) is 0 Å². The van der Waals surface area contributed by atoms with Crippen LogP contribution in [0.3, 0.4) is 0 Å². The van der Waals surface area contributed by atoms with E-state index in [0.29, 0.717) is 12.4 Å². The van der Waals surface area contributed by atoms with Crippen molar-refractivity contribution >= 4 is 6.16 Å². The van der Waals surface area contributed by atoms with Gasteiger partial charge >= 0.3 is 6.16 Å². The molecule has 0 radical (unpaired) electrons. The van der Waals surface area contributed by atoms with Gasteiger partial charge in [0.15, 0.2) is 5.82 Å². The first-order chi connectivity index (χ1) is 15.2. The smallest absolute Gasteiger partial charge is 0.434 e. The predicted molar refractivity (Wildman–Crippen MR) is 123 cm³/mol. The average Bonchev–Trinajstić information content (AvgIpc) is 2.80. The lowest BCUT2D eigenvalue weighted by Crippen LogP contribution is -2.16. The number of aromatic nitrogens is 2. The lowest BCUT2D eigenvalue weighted by molar-refractivity contribution is 0.0992. The van der Waals surface area contributed by atoms with Crippen molar-refractivity contribution in [3.05, 3.63) is 41.7 Å². The molecule has 5 heteroatoms. The first-order valence-electron chi connectivity index (χ1n) is 12.0. The Morgan fingerprint density at radius 3 is 2.58 bits per heavy atom. The molecule has 1 aromatic heterocycles. The fraction of sp³-hybridized carbons (Fsp3) is 0.577. The largest absolute Gasteiger partial charge is 0.513 e. The molecule has 1 aromatic carbocycles. The first kappa shape index (κ1) is 23.2. The average molecular weight is 425 g/mol. The van der Waals surface area contributed by atoms with Crippen LogP contribution in [0.4, 0.5) is 4.79 Å². The Labute approximate surface area is 186 Å². The second kappa shape index (κ2) is 12.4. The molecule has 0 bridgehead atoms. The van der Waals surface area contributed by atoms with Crippen molar-refractivity contribution in [1.82, 2.24) is 9.97 Å². The third kappa shape index (κ3) is 7.34. The second-order valence-electron chi connectivity index (χ2n) is 8.56. The number of ether oxygens (including phenoxy) is 2. The Bertz CT molecular complexity index is 820. The van der Waals surface area contributed by atoms with Crippen molar-refractivity contribution in [2.75, 3.05) is 6.61 Å². The van der Waals surface area contributed by atoms with Gasteiger partial charge in [-0.3, -0.25) is 0 Å². The van der Waals surface area contributed by atoms with Gasteiger partial charge in [-0.05, 0) is 61.4 Å². The summed E-state index contributed by atoms with van der Waals surface area (Å²) < 4.78 is 10.1. The highest BCUT2D eigenvalue weighted by Gasteiger charge is 2.20. The molecule has 0 saturated carbocycles. The minimum Gasteiger partial charge on any atom is -0.434 e. The number of hydrogen-bond acceptors (Lipinski definition) is 5. The molecular weight excluding hydrogens is 388 g/mol. The van der Waals surface area contributed by atoms with Gasteiger partial charge in [0.2, 0.25) is 0 Å². The number of rotatable bonds is 11. The SMILES string of the molecule is CCCCCCCCC1CCc2nc(-c3ccc(OC(=O)OCCC)cc3)ncc2C1. The standard InChI is InChI=1S/C26H36N2O3/c1-3-5-6-7-8-9-10-20-11-16-24-22(18-20)19-27-25(28-24)21-12-14-23(15-13-21)31-26(29)30-17-4-2/h12-15,19-20H,3-11,16-18H2,1-2H3. The number of hydrogen-bond donors (Lipinski definition) is 0. The van der Waals surface area contributed by atoms with Crippen LogP contribution in [0.2, 0.25) is 0 Å². The molecule has 1 aliphatic carbocycles. The van der Waals surface area contributed by atoms with E-state index >= 15 is 0 Å². The van der Waals surface area contributed by atoms with Crippen LogP contribution in [0.25, 0.3) is 11.4 Å². The van der Waals surface area contributed by atoms with E-state index in [1.165, 1.54) is 62.6 Å². The molecule has 0 N–H and O–H groups in total. The van der Waals surface area contributed by atoms with E-state index in [-0.39, 0.29) is 0 Å². The molecule has 3 rings (SSSR count). The summed E-state index contributed by atoms with van der Waals surface area (Å²) in [5.41, 5.74) is 3.42. The molecule has 0 fully saturated rings. The van der Waals surface area contributed by atoms with Gasteiger partial charge in [-0.1, -0.05) is 58.8 Å². The van der Waals surface area contributed by atoms with Crippen LogP contribution >= 0.6 is 0 Å². The number of carbonyl (C=O) groups excluding carboxylic acids is 1. The molecule has 31 heavy (non-hydrogen) atoms. The van der Waals surface area contributed by atoms with Crippen molar-refractivity contribution in [2.45, 2.75) is 84.5 Å². The molecule has 5 nitrogen and oxygen atoms in total. The Hall–Kier alpha value is -2.43. The first-order valence-corrected chi connectivity index (χ1v) is 12.0. The number of benzene rings is 1. The summed E-state index contributed by atoms with van der Waals surface area (Å²) in [7, 11) is 0. The van der Waals surface area contributed by atoms with Gasteiger partial charge in [0, 0.05) is 17.5 Å². The highest BCUT2D eigenvalue weighted by atomic mass is 16.7. The Kier molecular flexibility index (Phi) is 9.32. The van der Waals surface area contributed by atoms with Gasteiger partial charge in [0.25, 0.3) is 0 Å². The minimum atomic E-state index is -0.671. The lowest BCUT2D eigenvalue weighted by atomic mass is 9.84. The van der Waals surface area contributed by atoms with E-state index in [1.54, 1.807) is 12.1 Å². The molecule has 168 valence electrons. The van der Waals surface area contributed by atoms with Gasteiger partial charge in [-0.2, -0.15) is 0 Å². The zero-order valence-electron chi connectivity index (χ0n) is 19.1. The fourth-order valence-corrected chi connectivity index (χ4v) is 4.16. The molecule has 1 aliphatic rings. The minimum absolute atomic E-state index is 0.361. The van der Waals surface area contributed by atoms with E-state index < -0.39 is 6.16 Å². The van der Waals surface area contributed by atoms with Crippen molar-refractivity contribution < 1.29 is 14.3 Å². The molecule has 0 spiro atoms. The highest BCUT2D eigenvalue weighted by Crippen LogP contribution is 2.29. The number of unbranched alkanes of at least 4 members (excludes halogenated alkanes) is 5. The highest BCUT2D eigenvalue weighted by molar-refractivity contribution is 5.65. The topological polar surface area (TPSA) is 61.3 Å². The summed E-state index contributed by atoms with van der Waals surface area (Å²) in [6.45, 7) is 4.57. The Morgan fingerprint density at radius 1 is 1.03 bits per heavy atom. The van der Waals surface area contributed by atoms with Gasteiger partial charge in [-0.15, -0.1) is 0 Å². The lowest BCUT2D eigenvalue weighted by Gasteiger charge is -2.24. The summed E-state index contributed by atoms with van der Waals surface area (Å²) >= 11 is 0. The molecule has 0 saturated heterocycles. The molecular formula is C26H36N2O3. The summed E-state index contributed by atoms with van der Waals surface area (Å²) in [5.74, 6) is 1.96. The zero-order valence-corrected chi connectivity index (χ0v) is 19.1. The van der Waals surface area contributed by atoms with E-state index in [9.17, 15) is 4.79 Å². The monoisotopic (exact) mass is 424 g/mol. The molecule has 0 amide bonds. The fourth-order valence-electron chi connectivity index (χ4n) is 4.16. The van der Waals surface area contributed by atoms with Gasteiger partial charge in [0.1, 0.15) is 5.75 Å². The van der Waals surface area contributed by atoms with Crippen LogP contribution < -0.4 is 4.74 Å². The maximum Gasteiger partial charge on any atom is 0.513 e. The van der Waals surface area contributed by atoms with Crippen LogP contribution in [-0.2, 0) is 17.6 Å². The van der Waals surface area contributed by atoms with Crippen molar-refractivity contribution in [3.8, 4) is 17.1 Å². The quantitative estimate of drug-likeness (QED) is 0.222. The number of aryl methyl sites for hydroxylation is 1. The summed E-state index contributed by atoms with van der Waals surface area (Å²) in [6, 6.07) is 7.27. The van der Waals surface area contributed by atoms with E-state index in [1.807, 2.05) is 25.3 Å². The van der Waals surface area contributed by atoms with Crippen LogP contribution in [0, 0.1) is 5.92 Å². The molecule has 1 atom stereocenters. The molecule has 2 aromatic rings. The summed E-state index contributed by atoms with van der Waals surface area (Å²) in [5, 5.41) is 0. The third-order valence-electron chi connectivity index (χ3n) is 5.96. The number of carbonyl (C=O) groups is 1. The Balaban J connectivity index is 1.51. The third-order valence-corrected chi connectivity index (χ3v) is 5.96. The van der Waals surface area contributed by atoms with E-state index in [2.05, 4.69) is 11.9 Å². The van der Waals surface area contributed by atoms with Crippen molar-refractivity contribution in [2.24, 2.45) is 5.92 Å². The van der Waals surface area contributed by atoms with Crippen LogP contribution in [0.5, 0.6) is 5.75 Å². The normalized spacial score (nSPS) is 15.4. The van der Waals surface area contributed by atoms with Crippen molar-refractivity contribution in [1.29, 1.82) is 0 Å². The van der Waals surface area contributed by atoms with Gasteiger partial charge in [-0.25, -0.2) is 14.8 Å². The zero-order chi connectivity index (χ0) is 21.9. The maximum absolute atomic E-state index is 11.6. The molecule has 1 unspecified atom stereocenters. The summed E-state index contributed by atoms with van der Waals surface area (Å²) in [4.78, 5) is 21.0. The number of fused-ring (bicyclic) bond motifs is 1. The van der Waals surface area contributed by atoms with Gasteiger partial charge < -0.3 is 9.47 Å². The molecule has 0 aliphatic heterocycles. The second-order valence-corrected chi connectivity index (χ2v) is 8.56. The number of nitrogens with zero attached hydrogens (tertiary/aromatic N) is 2. The Morgan fingerprint density at radius 2 is 1.81 bits per heavy atom. The van der Waals surface area contributed by atoms with E-state index in [0.717, 1.165) is 36.6 Å². The van der Waals surface area contributed by atoms with Crippen LogP contribution in [0.15, 0.2) is 30.5 Å².